The second kappa shape index (κ2) is 6.68. The van der Waals surface area contributed by atoms with Crippen molar-refractivity contribution in [3.63, 3.8) is 0 Å². The van der Waals surface area contributed by atoms with Crippen LogP contribution in [-0.4, -0.2) is 55.5 Å². The topological polar surface area (TPSA) is 59.5 Å². The van der Waals surface area contributed by atoms with Gasteiger partial charge in [-0.15, -0.1) is 0 Å². The molecule has 1 aliphatic rings. The van der Waals surface area contributed by atoms with E-state index in [1.54, 1.807) is 19.5 Å². The fourth-order valence-corrected chi connectivity index (χ4v) is 2.07. The standard InChI is InChI=1S/C13H22N4O2/c1-10(2)15-6-11-9-19-5-4-17(11)12-7-14-8-13(16-12)18-3/h7-8,10-11,15H,4-6,9H2,1-3H3. The summed E-state index contributed by atoms with van der Waals surface area (Å²) in [7, 11) is 1.60. The number of aromatic nitrogens is 2. The molecular weight excluding hydrogens is 244 g/mol. The third kappa shape index (κ3) is 3.78. The number of nitrogens with zero attached hydrogens (tertiary/aromatic N) is 3. The number of nitrogens with one attached hydrogen (secondary N) is 1. The van der Waals surface area contributed by atoms with Crippen LogP contribution in [0.3, 0.4) is 0 Å². The smallest absolute Gasteiger partial charge is 0.233 e. The Morgan fingerprint density at radius 1 is 1.53 bits per heavy atom. The summed E-state index contributed by atoms with van der Waals surface area (Å²) < 4.78 is 10.7. The van der Waals surface area contributed by atoms with Gasteiger partial charge in [-0.2, -0.15) is 4.98 Å². The van der Waals surface area contributed by atoms with Gasteiger partial charge < -0.3 is 19.7 Å². The van der Waals surface area contributed by atoms with E-state index >= 15 is 0 Å². The molecule has 6 nitrogen and oxygen atoms in total. The Morgan fingerprint density at radius 2 is 2.37 bits per heavy atom. The van der Waals surface area contributed by atoms with E-state index in [-0.39, 0.29) is 6.04 Å². The van der Waals surface area contributed by atoms with E-state index in [1.165, 1.54) is 0 Å². The van der Waals surface area contributed by atoms with E-state index < -0.39 is 0 Å². The summed E-state index contributed by atoms with van der Waals surface area (Å²) >= 11 is 0. The molecule has 106 valence electrons. The van der Waals surface area contributed by atoms with Crippen LogP contribution in [0.5, 0.6) is 5.88 Å². The largest absolute Gasteiger partial charge is 0.480 e. The van der Waals surface area contributed by atoms with Crippen molar-refractivity contribution in [3.8, 4) is 5.88 Å². The zero-order valence-corrected chi connectivity index (χ0v) is 11.8. The van der Waals surface area contributed by atoms with Crippen LogP contribution in [0.25, 0.3) is 0 Å². The highest BCUT2D eigenvalue weighted by Crippen LogP contribution is 2.18. The molecule has 1 fully saturated rings. The Bertz CT molecular complexity index is 400. The van der Waals surface area contributed by atoms with Gasteiger partial charge in [-0.1, -0.05) is 13.8 Å². The first-order valence-electron chi connectivity index (χ1n) is 6.64. The molecule has 1 aliphatic heterocycles. The molecule has 0 radical (unpaired) electrons. The van der Waals surface area contributed by atoms with Gasteiger partial charge in [0.15, 0.2) is 5.82 Å². The zero-order valence-electron chi connectivity index (χ0n) is 11.8. The maximum Gasteiger partial charge on any atom is 0.233 e. The Balaban J connectivity index is 2.09. The normalized spacial score (nSPS) is 19.8. The first-order chi connectivity index (χ1) is 9.20. The molecule has 0 saturated carbocycles. The van der Waals surface area contributed by atoms with Gasteiger partial charge in [0.25, 0.3) is 0 Å². The number of hydrogen-bond acceptors (Lipinski definition) is 6. The van der Waals surface area contributed by atoms with E-state index in [9.17, 15) is 0 Å². The van der Waals surface area contributed by atoms with Gasteiger partial charge in [0.05, 0.1) is 38.8 Å². The molecule has 0 aromatic carbocycles. The lowest BCUT2D eigenvalue weighted by molar-refractivity contribution is 0.0926. The highest BCUT2D eigenvalue weighted by molar-refractivity contribution is 5.39. The summed E-state index contributed by atoms with van der Waals surface area (Å²) in [6.07, 6.45) is 3.39. The molecule has 0 spiro atoms. The Hall–Kier alpha value is -1.40. The van der Waals surface area contributed by atoms with Gasteiger partial charge in [-0.05, 0) is 0 Å². The summed E-state index contributed by atoms with van der Waals surface area (Å²) in [6.45, 7) is 7.40. The summed E-state index contributed by atoms with van der Waals surface area (Å²) in [5.74, 6) is 1.39. The third-order valence-electron chi connectivity index (χ3n) is 3.09. The third-order valence-corrected chi connectivity index (χ3v) is 3.09. The zero-order chi connectivity index (χ0) is 13.7. The molecule has 0 bridgehead atoms. The molecule has 1 aromatic rings. The van der Waals surface area contributed by atoms with Crippen molar-refractivity contribution in [3.05, 3.63) is 12.4 Å². The molecule has 6 heteroatoms. The fourth-order valence-electron chi connectivity index (χ4n) is 2.07. The van der Waals surface area contributed by atoms with Crippen LogP contribution in [-0.2, 0) is 4.74 Å². The molecule has 1 unspecified atom stereocenters. The minimum absolute atomic E-state index is 0.276. The maximum atomic E-state index is 5.56. The lowest BCUT2D eigenvalue weighted by Crippen LogP contribution is -2.51. The quantitative estimate of drug-likeness (QED) is 0.846. The Morgan fingerprint density at radius 3 is 3.11 bits per heavy atom. The second-order valence-corrected chi connectivity index (χ2v) is 4.90. The Kier molecular flexibility index (Phi) is 4.93. The van der Waals surface area contributed by atoms with Crippen LogP contribution in [0.1, 0.15) is 13.8 Å². The van der Waals surface area contributed by atoms with Gasteiger partial charge in [-0.25, -0.2) is 0 Å². The van der Waals surface area contributed by atoms with E-state index in [0.29, 0.717) is 18.5 Å². The van der Waals surface area contributed by atoms with Crippen LogP contribution in [0.2, 0.25) is 0 Å². The van der Waals surface area contributed by atoms with Crippen molar-refractivity contribution in [2.24, 2.45) is 0 Å². The maximum absolute atomic E-state index is 5.56. The van der Waals surface area contributed by atoms with Crippen LogP contribution in [0.15, 0.2) is 12.4 Å². The van der Waals surface area contributed by atoms with Gasteiger partial charge in [0, 0.05) is 19.1 Å². The number of hydrogen-bond donors (Lipinski definition) is 1. The number of ether oxygens (including phenoxy) is 2. The summed E-state index contributed by atoms with van der Waals surface area (Å²) in [4.78, 5) is 10.9. The monoisotopic (exact) mass is 266 g/mol. The second-order valence-electron chi connectivity index (χ2n) is 4.90. The molecule has 2 rings (SSSR count). The molecule has 1 saturated heterocycles. The predicted octanol–water partition coefficient (Wildman–Crippen LogP) is 0.688. The first-order valence-corrected chi connectivity index (χ1v) is 6.64. The van der Waals surface area contributed by atoms with Crippen molar-refractivity contribution in [1.29, 1.82) is 0 Å². The van der Waals surface area contributed by atoms with Gasteiger partial charge in [-0.3, -0.25) is 4.98 Å². The highest BCUT2D eigenvalue weighted by atomic mass is 16.5. The lowest BCUT2D eigenvalue weighted by Gasteiger charge is -2.36. The molecule has 1 aromatic heterocycles. The van der Waals surface area contributed by atoms with Crippen LogP contribution in [0, 0.1) is 0 Å². The van der Waals surface area contributed by atoms with Gasteiger partial charge in [0.1, 0.15) is 0 Å². The molecule has 1 N–H and O–H groups in total. The number of morpholine rings is 1. The average molecular weight is 266 g/mol. The predicted molar refractivity (Wildman–Crippen MR) is 73.7 cm³/mol. The van der Waals surface area contributed by atoms with Crippen LogP contribution < -0.4 is 15.0 Å². The van der Waals surface area contributed by atoms with E-state index in [0.717, 1.165) is 25.5 Å². The lowest BCUT2D eigenvalue weighted by atomic mass is 10.2. The fraction of sp³-hybridized carbons (Fsp3) is 0.692. The molecular formula is C13H22N4O2. The van der Waals surface area contributed by atoms with Gasteiger partial charge >= 0.3 is 0 Å². The van der Waals surface area contributed by atoms with E-state index in [2.05, 4.69) is 34.0 Å². The molecule has 0 aliphatic carbocycles. The van der Waals surface area contributed by atoms with Gasteiger partial charge in [0.2, 0.25) is 5.88 Å². The van der Waals surface area contributed by atoms with Crippen LogP contribution in [0.4, 0.5) is 5.82 Å². The van der Waals surface area contributed by atoms with Crippen molar-refractivity contribution in [1.82, 2.24) is 15.3 Å². The van der Waals surface area contributed by atoms with Crippen molar-refractivity contribution in [2.75, 3.05) is 38.3 Å². The number of rotatable bonds is 5. The SMILES string of the molecule is COc1cncc(N2CCOCC2CNC(C)C)n1. The first kappa shape index (κ1) is 14.0. The minimum Gasteiger partial charge on any atom is -0.480 e. The molecule has 0 amide bonds. The molecule has 19 heavy (non-hydrogen) atoms. The van der Waals surface area contributed by atoms with E-state index in [4.69, 9.17) is 9.47 Å². The summed E-state index contributed by atoms with van der Waals surface area (Å²) in [5, 5.41) is 3.44. The minimum atomic E-state index is 0.276. The molecule has 2 heterocycles. The summed E-state index contributed by atoms with van der Waals surface area (Å²) in [5.41, 5.74) is 0. The average Bonchev–Trinajstić information content (AvgIpc) is 2.45. The van der Waals surface area contributed by atoms with Crippen LogP contribution >= 0.6 is 0 Å². The van der Waals surface area contributed by atoms with Crippen molar-refractivity contribution >= 4 is 5.82 Å². The van der Waals surface area contributed by atoms with Crippen molar-refractivity contribution in [2.45, 2.75) is 25.9 Å². The van der Waals surface area contributed by atoms with E-state index in [1.807, 2.05) is 0 Å². The van der Waals surface area contributed by atoms with Crippen molar-refractivity contribution < 1.29 is 9.47 Å². The Labute approximate surface area is 114 Å². The highest BCUT2D eigenvalue weighted by Gasteiger charge is 2.24. The summed E-state index contributed by atoms with van der Waals surface area (Å²) in [6, 6.07) is 0.734. The molecule has 1 atom stereocenters. The number of methoxy groups -OCH3 is 1. The number of anilines is 1.